The van der Waals surface area contributed by atoms with Gasteiger partial charge in [0.2, 0.25) is 0 Å². The molecule has 0 fully saturated rings. The molecule has 0 radical (unpaired) electrons. The summed E-state index contributed by atoms with van der Waals surface area (Å²) in [5.41, 5.74) is 12.8. The van der Waals surface area contributed by atoms with Gasteiger partial charge in [-0.3, -0.25) is 0 Å². The number of nitrogen functional groups attached to an aromatic ring is 1. The number of hydrogen-bond acceptors (Lipinski definition) is 3. The lowest BCUT2D eigenvalue weighted by Gasteiger charge is -2.12. The van der Waals surface area contributed by atoms with E-state index < -0.39 is 0 Å². The fourth-order valence-electron chi connectivity index (χ4n) is 0.867. The standard InChI is InChI=1S/C9H13N3/c1-2-9(11)12-8-6-4-3-5-7(8)10/h2-6,9,12H,1,10-11H2. The second kappa shape index (κ2) is 3.78. The first-order valence-electron chi connectivity index (χ1n) is 3.73. The Kier molecular flexibility index (Phi) is 2.71. The predicted octanol–water partition coefficient (Wildman–Crippen LogP) is 1.15. The highest BCUT2D eigenvalue weighted by atomic mass is 15.0. The van der Waals surface area contributed by atoms with Crippen molar-refractivity contribution in [2.75, 3.05) is 11.1 Å². The van der Waals surface area contributed by atoms with Gasteiger partial charge < -0.3 is 16.8 Å². The molecule has 64 valence electrons. The maximum absolute atomic E-state index is 5.67. The summed E-state index contributed by atoms with van der Waals surface area (Å²) < 4.78 is 0. The van der Waals surface area contributed by atoms with E-state index in [4.69, 9.17) is 11.5 Å². The highest BCUT2D eigenvalue weighted by Crippen LogP contribution is 2.16. The lowest BCUT2D eigenvalue weighted by atomic mass is 10.2. The number of nitrogens with one attached hydrogen (secondary N) is 1. The van der Waals surface area contributed by atoms with E-state index in [2.05, 4.69) is 11.9 Å². The molecular formula is C9H13N3. The van der Waals surface area contributed by atoms with Gasteiger partial charge in [-0.15, -0.1) is 0 Å². The molecule has 3 heteroatoms. The maximum atomic E-state index is 5.67. The van der Waals surface area contributed by atoms with Crippen LogP contribution in [0, 0.1) is 0 Å². The molecule has 0 spiro atoms. The van der Waals surface area contributed by atoms with Gasteiger partial charge in [0.15, 0.2) is 0 Å². The zero-order chi connectivity index (χ0) is 8.97. The van der Waals surface area contributed by atoms with Crippen molar-refractivity contribution in [2.24, 2.45) is 5.73 Å². The molecule has 0 heterocycles. The molecule has 1 aromatic carbocycles. The van der Waals surface area contributed by atoms with Crippen molar-refractivity contribution in [2.45, 2.75) is 6.17 Å². The topological polar surface area (TPSA) is 64.1 Å². The molecule has 0 bridgehead atoms. The largest absolute Gasteiger partial charge is 0.397 e. The monoisotopic (exact) mass is 163 g/mol. The maximum Gasteiger partial charge on any atom is 0.0933 e. The minimum Gasteiger partial charge on any atom is -0.397 e. The summed E-state index contributed by atoms with van der Waals surface area (Å²) in [7, 11) is 0. The van der Waals surface area contributed by atoms with Crippen molar-refractivity contribution in [3.05, 3.63) is 36.9 Å². The Bertz CT molecular complexity index is 270. The Hall–Kier alpha value is -1.48. The first-order valence-corrected chi connectivity index (χ1v) is 3.73. The SMILES string of the molecule is C=CC(N)Nc1ccccc1N. The molecule has 12 heavy (non-hydrogen) atoms. The van der Waals surface area contributed by atoms with E-state index in [0.717, 1.165) is 5.69 Å². The summed E-state index contributed by atoms with van der Waals surface area (Å²) >= 11 is 0. The van der Waals surface area contributed by atoms with Crippen LogP contribution in [-0.4, -0.2) is 6.17 Å². The van der Waals surface area contributed by atoms with E-state index in [-0.39, 0.29) is 6.17 Å². The van der Waals surface area contributed by atoms with Crippen molar-refractivity contribution in [3.63, 3.8) is 0 Å². The molecule has 0 aliphatic carbocycles. The van der Waals surface area contributed by atoms with Crippen LogP contribution < -0.4 is 16.8 Å². The number of rotatable bonds is 3. The molecule has 0 saturated heterocycles. The van der Waals surface area contributed by atoms with Gasteiger partial charge in [-0.1, -0.05) is 24.8 Å². The number of hydrogen-bond donors (Lipinski definition) is 3. The van der Waals surface area contributed by atoms with E-state index in [9.17, 15) is 0 Å². The molecule has 0 amide bonds. The molecule has 0 aromatic heterocycles. The fourth-order valence-corrected chi connectivity index (χ4v) is 0.867. The van der Waals surface area contributed by atoms with Gasteiger partial charge in [0.1, 0.15) is 0 Å². The van der Waals surface area contributed by atoms with Crippen molar-refractivity contribution < 1.29 is 0 Å². The third-order valence-corrected chi connectivity index (χ3v) is 1.54. The predicted molar refractivity (Wildman–Crippen MR) is 52.6 cm³/mol. The lowest BCUT2D eigenvalue weighted by molar-refractivity contribution is 0.946. The molecule has 1 rings (SSSR count). The van der Waals surface area contributed by atoms with Gasteiger partial charge in [0.25, 0.3) is 0 Å². The first-order chi connectivity index (χ1) is 5.74. The van der Waals surface area contributed by atoms with Crippen LogP contribution in [0.5, 0.6) is 0 Å². The van der Waals surface area contributed by atoms with Crippen LogP contribution in [0.25, 0.3) is 0 Å². The number of benzene rings is 1. The summed E-state index contributed by atoms with van der Waals surface area (Å²) in [6.07, 6.45) is 1.36. The van der Waals surface area contributed by atoms with Gasteiger partial charge >= 0.3 is 0 Å². The zero-order valence-corrected chi connectivity index (χ0v) is 6.83. The van der Waals surface area contributed by atoms with Gasteiger partial charge in [-0.05, 0) is 12.1 Å². The average Bonchev–Trinajstić information content (AvgIpc) is 2.09. The van der Waals surface area contributed by atoms with Crippen molar-refractivity contribution in [1.82, 2.24) is 0 Å². The second-order valence-corrected chi connectivity index (χ2v) is 2.49. The minimum absolute atomic E-state index is 0.255. The van der Waals surface area contributed by atoms with Crippen molar-refractivity contribution in [3.8, 4) is 0 Å². The Morgan fingerprint density at radius 2 is 2.08 bits per heavy atom. The number of para-hydroxylation sites is 2. The van der Waals surface area contributed by atoms with Gasteiger partial charge in [-0.2, -0.15) is 0 Å². The molecule has 1 unspecified atom stereocenters. The Balaban J connectivity index is 2.75. The van der Waals surface area contributed by atoms with Crippen LogP contribution in [0.1, 0.15) is 0 Å². The number of anilines is 2. The lowest BCUT2D eigenvalue weighted by Crippen LogP contribution is -2.26. The van der Waals surface area contributed by atoms with Gasteiger partial charge in [-0.25, -0.2) is 0 Å². The Morgan fingerprint density at radius 3 is 2.67 bits per heavy atom. The highest BCUT2D eigenvalue weighted by Gasteiger charge is 1.98. The molecule has 1 atom stereocenters. The van der Waals surface area contributed by atoms with Crippen molar-refractivity contribution >= 4 is 11.4 Å². The second-order valence-electron chi connectivity index (χ2n) is 2.49. The fraction of sp³-hybridized carbons (Fsp3) is 0.111. The Labute approximate surface area is 72.1 Å². The smallest absolute Gasteiger partial charge is 0.0933 e. The molecule has 0 saturated carbocycles. The van der Waals surface area contributed by atoms with Crippen LogP contribution in [0.15, 0.2) is 36.9 Å². The summed E-state index contributed by atoms with van der Waals surface area (Å²) in [6, 6.07) is 7.46. The summed E-state index contributed by atoms with van der Waals surface area (Å²) in [6.45, 7) is 3.56. The summed E-state index contributed by atoms with van der Waals surface area (Å²) in [5.74, 6) is 0. The third kappa shape index (κ3) is 2.00. The summed E-state index contributed by atoms with van der Waals surface area (Å²) in [5, 5.41) is 2.99. The molecular weight excluding hydrogens is 150 g/mol. The van der Waals surface area contributed by atoms with Gasteiger partial charge in [0, 0.05) is 0 Å². The molecule has 0 aliphatic rings. The molecule has 0 aliphatic heterocycles. The normalized spacial score (nSPS) is 12.1. The van der Waals surface area contributed by atoms with Gasteiger partial charge in [0.05, 0.1) is 17.5 Å². The van der Waals surface area contributed by atoms with Crippen LogP contribution in [0.3, 0.4) is 0 Å². The van der Waals surface area contributed by atoms with E-state index in [1.165, 1.54) is 0 Å². The first kappa shape index (κ1) is 8.62. The minimum atomic E-state index is -0.255. The molecule has 1 aromatic rings. The van der Waals surface area contributed by atoms with E-state index >= 15 is 0 Å². The van der Waals surface area contributed by atoms with Crippen LogP contribution in [-0.2, 0) is 0 Å². The third-order valence-electron chi connectivity index (χ3n) is 1.54. The molecule has 3 nitrogen and oxygen atoms in total. The summed E-state index contributed by atoms with van der Waals surface area (Å²) in [4.78, 5) is 0. The van der Waals surface area contributed by atoms with E-state index in [1.54, 1.807) is 6.08 Å². The number of nitrogens with two attached hydrogens (primary N) is 2. The van der Waals surface area contributed by atoms with Crippen LogP contribution in [0.2, 0.25) is 0 Å². The Morgan fingerprint density at radius 1 is 1.42 bits per heavy atom. The van der Waals surface area contributed by atoms with E-state index in [1.807, 2.05) is 24.3 Å². The molecule has 5 N–H and O–H groups in total. The van der Waals surface area contributed by atoms with Crippen LogP contribution in [0.4, 0.5) is 11.4 Å². The van der Waals surface area contributed by atoms with Crippen molar-refractivity contribution in [1.29, 1.82) is 0 Å². The average molecular weight is 163 g/mol. The highest BCUT2D eigenvalue weighted by molar-refractivity contribution is 5.66. The van der Waals surface area contributed by atoms with E-state index in [0.29, 0.717) is 5.69 Å². The van der Waals surface area contributed by atoms with Crippen LogP contribution >= 0.6 is 0 Å². The quantitative estimate of drug-likeness (QED) is 0.356. The zero-order valence-electron chi connectivity index (χ0n) is 6.83.